The molecular formula is C15H12BrN3O2S. The molecule has 0 amide bonds. The van der Waals surface area contributed by atoms with Crippen LogP contribution in [-0.4, -0.2) is 25.8 Å². The van der Waals surface area contributed by atoms with Crippen molar-refractivity contribution in [1.29, 1.82) is 0 Å². The van der Waals surface area contributed by atoms with Gasteiger partial charge in [-0.15, -0.1) is 11.3 Å². The molecule has 0 aliphatic heterocycles. The maximum atomic E-state index is 10.9. The predicted molar refractivity (Wildman–Crippen MR) is 88.3 cm³/mol. The molecule has 3 rings (SSSR count). The number of nitrogens with zero attached hydrogens (tertiary/aromatic N) is 3. The maximum Gasteiger partial charge on any atom is 0.338 e. The van der Waals surface area contributed by atoms with Gasteiger partial charge in [-0.1, -0.05) is 23.8 Å². The summed E-state index contributed by atoms with van der Waals surface area (Å²) in [5.41, 5.74) is 3.26. The van der Waals surface area contributed by atoms with E-state index in [0.717, 1.165) is 20.1 Å². The molecule has 2 heterocycles. The molecule has 0 fully saturated rings. The van der Waals surface area contributed by atoms with Crippen LogP contribution >= 0.6 is 27.3 Å². The maximum absolute atomic E-state index is 10.9. The SMILES string of the molecule is Cc1cccc(-c2nc(Cn3cc(C(=O)O)cn3)c(Br)s2)c1. The second-order valence-corrected chi connectivity index (χ2v) is 7.16. The third-order valence-electron chi connectivity index (χ3n) is 3.11. The first-order chi connectivity index (χ1) is 10.5. The van der Waals surface area contributed by atoms with Crippen molar-refractivity contribution in [2.45, 2.75) is 13.5 Å². The molecule has 0 atom stereocenters. The highest BCUT2D eigenvalue weighted by Crippen LogP contribution is 2.32. The van der Waals surface area contributed by atoms with E-state index in [-0.39, 0.29) is 5.56 Å². The Labute approximate surface area is 139 Å². The van der Waals surface area contributed by atoms with Gasteiger partial charge in [-0.05, 0) is 28.9 Å². The van der Waals surface area contributed by atoms with E-state index in [2.05, 4.69) is 32.1 Å². The first kappa shape index (κ1) is 14.9. The molecule has 5 nitrogen and oxygen atoms in total. The Bertz CT molecular complexity index is 841. The van der Waals surface area contributed by atoms with E-state index in [9.17, 15) is 4.79 Å². The largest absolute Gasteiger partial charge is 0.478 e. The van der Waals surface area contributed by atoms with Gasteiger partial charge < -0.3 is 5.11 Å². The fourth-order valence-corrected chi connectivity index (χ4v) is 3.52. The van der Waals surface area contributed by atoms with Gasteiger partial charge in [0.1, 0.15) is 5.01 Å². The zero-order chi connectivity index (χ0) is 15.7. The van der Waals surface area contributed by atoms with Gasteiger partial charge in [0.2, 0.25) is 0 Å². The smallest absolute Gasteiger partial charge is 0.338 e. The third-order valence-corrected chi connectivity index (χ3v) is 4.99. The number of carbonyl (C=O) groups is 1. The Morgan fingerprint density at radius 3 is 2.95 bits per heavy atom. The van der Waals surface area contributed by atoms with Crippen LogP contribution < -0.4 is 0 Å². The van der Waals surface area contributed by atoms with Crippen molar-refractivity contribution in [3.8, 4) is 10.6 Å². The zero-order valence-electron chi connectivity index (χ0n) is 11.7. The van der Waals surface area contributed by atoms with Crippen LogP contribution in [0.25, 0.3) is 10.6 Å². The molecule has 0 unspecified atom stereocenters. The van der Waals surface area contributed by atoms with Crippen LogP contribution in [0.4, 0.5) is 0 Å². The fourth-order valence-electron chi connectivity index (χ4n) is 2.05. The van der Waals surface area contributed by atoms with Crippen LogP contribution in [0.3, 0.4) is 0 Å². The molecule has 0 spiro atoms. The topological polar surface area (TPSA) is 68.0 Å². The molecule has 0 aliphatic carbocycles. The second-order valence-electron chi connectivity index (χ2n) is 4.84. The molecule has 0 saturated heterocycles. The Kier molecular flexibility index (Phi) is 4.08. The molecule has 0 aliphatic rings. The number of aromatic nitrogens is 3. The molecular weight excluding hydrogens is 366 g/mol. The highest BCUT2D eigenvalue weighted by atomic mass is 79.9. The summed E-state index contributed by atoms with van der Waals surface area (Å²) < 4.78 is 2.50. The number of hydrogen-bond acceptors (Lipinski definition) is 4. The first-order valence-electron chi connectivity index (χ1n) is 6.51. The summed E-state index contributed by atoms with van der Waals surface area (Å²) in [6.07, 6.45) is 2.84. The Morgan fingerprint density at radius 2 is 2.27 bits per heavy atom. The molecule has 1 aromatic carbocycles. The van der Waals surface area contributed by atoms with E-state index in [1.54, 1.807) is 16.0 Å². The number of aryl methyl sites for hydroxylation is 1. The van der Waals surface area contributed by atoms with Gasteiger partial charge in [-0.25, -0.2) is 9.78 Å². The minimum atomic E-state index is -0.982. The van der Waals surface area contributed by atoms with E-state index in [1.807, 2.05) is 25.1 Å². The van der Waals surface area contributed by atoms with E-state index < -0.39 is 5.97 Å². The number of rotatable bonds is 4. The van der Waals surface area contributed by atoms with Crippen molar-refractivity contribution >= 4 is 33.2 Å². The lowest BCUT2D eigenvalue weighted by Crippen LogP contribution is -2.01. The standard InChI is InChI=1S/C15H12BrN3O2S/c1-9-3-2-4-10(5-9)14-18-12(13(16)22-14)8-19-7-11(6-17-19)15(20)21/h2-7H,8H2,1H3,(H,20,21). The van der Waals surface area contributed by atoms with Crippen LogP contribution in [0, 0.1) is 6.92 Å². The van der Waals surface area contributed by atoms with Crippen molar-refractivity contribution in [3.05, 3.63) is 57.3 Å². The van der Waals surface area contributed by atoms with Gasteiger partial charge in [0.25, 0.3) is 0 Å². The van der Waals surface area contributed by atoms with Crippen LogP contribution in [-0.2, 0) is 6.54 Å². The number of benzene rings is 1. The normalized spacial score (nSPS) is 10.8. The molecule has 0 bridgehead atoms. The van der Waals surface area contributed by atoms with Gasteiger partial charge in [0.15, 0.2) is 0 Å². The number of carboxylic acid groups (broad SMARTS) is 1. The van der Waals surface area contributed by atoms with E-state index in [0.29, 0.717) is 6.54 Å². The van der Waals surface area contributed by atoms with Crippen LogP contribution in [0.1, 0.15) is 21.6 Å². The Hall–Kier alpha value is -1.99. The predicted octanol–water partition coefficient (Wildman–Crippen LogP) is 3.82. The van der Waals surface area contributed by atoms with Crippen molar-refractivity contribution in [2.24, 2.45) is 0 Å². The lowest BCUT2D eigenvalue weighted by molar-refractivity contribution is 0.0697. The number of halogens is 1. The molecule has 0 saturated carbocycles. The zero-order valence-corrected chi connectivity index (χ0v) is 14.1. The summed E-state index contributed by atoms with van der Waals surface area (Å²) in [6.45, 7) is 2.47. The first-order valence-corrected chi connectivity index (χ1v) is 8.12. The molecule has 3 aromatic rings. The van der Waals surface area contributed by atoms with Gasteiger partial charge in [-0.3, -0.25) is 4.68 Å². The summed E-state index contributed by atoms with van der Waals surface area (Å²) >= 11 is 5.08. The minimum Gasteiger partial charge on any atom is -0.478 e. The highest BCUT2D eigenvalue weighted by Gasteiger charge is 2.13. The number of hydrogen-bond donors (Lipinski definition) is 1. The summed E-state index contributed by atoms with van der Waals surface area (Å²) in [5, 5.41) is 13.9. The molecule has 22 heavy (non-hydrogen) atoms. The third kappa shape index (κ3) is 3.10. The van der Waals surface area contributed by atoms with Crippen LogP contribution in [0.5, 0.6) is 0 Å². The Morgan fingerprint density at radius 1 is 1.45 bits per heavy atom. The average Bonchev–Trinajstić information content (AvgIpc) is 3.07. The molecule has 112 valence electrons. The summed E-state index contributed by atoms with van der Waals surface area (Å²) in [5.74, 6) is -0.982. The van der Waals surface area contributed by atoms with Crippen molar-refractivity contribution in [3.63, 3.8) is 0 Å². The van der Waals surface area contributed by atoms with Crippen molar-refractivity contribution in [2.75, 3.05) is 0 Å². The van der Waals surface area contributed by atoms with Gasteiger partial charge in [0, 0.05) is 11.8 Å². The van der Waals surface area contributed by atoms with Crippen molar-refractivity contribution < 1.29 is 9.90 Å². The van der Waals surface area contributed by atoms with Crippen molar-refractivity contribution in [1.82, 2.24) is 14.8 Å². The molecule has 2 aromatic heterocycles. The molecule has 0 radical (unpaired) electrons. The monoisotopic (exact) mass is 377 g/mol. The molecule has 1 N–H and O–H groups in total. The highest BCUT2D eigenvalue weighted by molar-refractivity contribution is 9.11. The lowest BCUT2D eigenvalue weighted by Gasteiger charge is -1.99. The van der Waals surface area contributed by atoms with E-state index in [1.165, 1.54) is 18.0 Å². The average molecular weight is 378 g/mol. The van der Waals surface area contributed by atoms with Crippen LogP contribution in [0.15, 0.2) is 40.4 Å². The number of thiazole rings is 1. The van der Waals surface area contributed by atoms with Crippen LogP contribution in [0.2, 0.25) is 0 Å². The summed E-state index contributed by atoms with van der Waals surface area (Å²) in [7, 11) is 0. The fraction of sp³-hybridized carbons (Fsp3) is 0.133. The number of carboxylic acids is 1. The summed E-state index contributed by atoms with van der Waals surface area (Å²) in [4.78, 5) is 15.5. The van der Waals surface area contributed by atoms with Gasteiger partial charge in [0.05, 0.1) is 27.8 Å². The van der Waals surface area contributed by atoms with E-state index >= 15 is 0 Å². The Balaban J connectivity index is 1.87. The van der Waals surface area contributed by atoms with Gasteiger partial charge in [-0.2, -0.15) is 5.10 Å². The number of aromatic carboxylic acids is 1. The minimum absolute atomic E-state index is 0.172. The van der Waals surface area contributed by atoms with Gasteiger partial charge >= 0.3 is 5.97 Å². The quantitative estimate of drug-likeness (QED) is 0.750. The molecule has 7 heteroatoms. The lowest BCUT2D eigenvalue weighted by atomic mass is 10.1. The summed E-state index contributed by atoms with van der Waals surface area (Å²) in [6, 6.07) is 8.17. The van der Waals surface area contributed by atoms with E-state index in [4.69, 9.17) is 5.11 Å². The second kappa shape index (κ2) is 6.02.